The van der Waals surface area contributed by atoms with Crippen LogP contribution in [0.3, 0.4) is 0 Å². The monoisotopic (exact) mass is 732 g/mol. The van der Waals surface area contributed by atoms with Crippen LogP contribution >= 0.6 is 0 Å². The van der Waals surface area contributed by atoms with E-state index in [1.54, 1.807) is 33.9 Å². The largest absolute Gasteiger partial charge is 0.504 e. The van der Waals surface area contributed by atoms with E-state index in [-0.39, 0.29) is 17.8 Å². The molecule has 11 nitrogen and oxygen atoms in total. The Morgan fingerprint density at radius 3 is 2.33 bits per heavy atom. The van der Waals surface area contributed by atoms with Crippen LogP contribution in [0.25, 0.3) is 0 Å². The maximum absolute atomic E-state index is 11.6. The highest BCUT2D eigenvalue weighted by Crippen LogP contribution is 2.54. The molecule has 0 radical (unpaired) electrons. The van der Waals surface area contributed by atoms with E-state index in [0.29, 0.717) is 60.7 Å². The number of phenols is 1. The number of rotatable bonds is 8. The predicted octanol–water partition coefficient (Wildman–Crippen LogP) is 7.27. The third-order valence-corrected chi connectivity index (χ3v) is 11.2. The normalized spacial score (nSPS) is 18.2. The van der Waals surface area contributed by atoms with Crippen LogP contribution in [-0.2, 0) is 43.6 Å². The van der Waals surface area contributed by atoms with Crippen LogP contribution in [0, 0.1) is 0 Å². The number of nitrogens with zero attached hydrogens (tertiary/aromatic N) is 4. The van der Waals surface area contributed by atoms with E-state index >= 15 is 0 Å². The van der Waals surface area contributed by atoms with E-state index < -0.39 is 0 Å². The van der Waals surface area contributed by atoms with E-state index in [1.165, 1.54) is 5.56 Å². The third kappa shape index (κ3) is 6.83. The maximum atomic E-state index is 11.6. The van der Waals surface area contributed by atoms with Crippen molar-refractivity contribution >= 4 is 0 Å². The molecule has 2 atom stereocenters. The fourth-order valence-electron chi connectivity index (χ4n) is 8.27. The molecule has 4 aliphatic rings. The van der Waals surface area contributed by atoms with Gasteiger partial charge in [-0.25, -0.2) is 4.98 Å². The molecule has 11 heteroatoms. The average molecular weight is 733 g/mol. The molecule has 0 saturated carbocycles. The molecule has 0 aliphatic carbocycles. The zero-order chi connectivity index (χ0) is 37.3. The number of hydrogen-bond donors (Lipinski definition) is 1. The first kappa shape index (κ1) is 35.8. The summed E-state index contributed by atoms with van der Waals surface area (Å²) < 4.78 is 39.9. The van der Waals surface area contributed by atoms with Crippen molar-refractivity contribution in [3.8, 4) is 46.0 Å². The zero-order valence-electron chi connectivity index (χ0n) is 31.6. The highest BCUT2D eigenvalue weighted by atomic mass is 16.5. The van der Waals surface area contributed by atoms with Gasteiger partial charge in [0.05, 0.1) is 40.9 Å². The number of fused-ring (bicyclic) bond motifs is 2. The molecule has 5 heterocycles. The first-order valence-electron chi connectivity index (χ1n) is 18.6. The van der Waals surface area contributed by atoms with Crippen LogP contribution in [-0.4, -0.2) is 79.6 Å². The second-order valence-electron chi connectivity index (χ2n) is 14.4. The molecule has 4 aromatic carbocycles. The summed E-state index contributed by atoms with van der Waals surface area (Å²) in [4.78, 5) is 8.88. The highest BCUT2D eigenvalue weighted by molar-refractivity contribution is 5.67. The molecule has 282 valence electrons. The Labute approximate surface area is 316 Å². The Morgan fingerprint density at radius 1 is 0.815 bits per heavy atom. The number of aromatic nitrogens is 2. The number of methoxy groups -OCH3 is 3. The van der Waals surface area contributed by atoms with Crippen molar-refractivity contribution in [3.05, 3.63) is 112 Å². The van der Waals surface area contributed by atoms with Gasteiger partial charge in [0.25, 0.3) is 0 Å². The minimum absolute atomic E-state index is 0.0743. The van der Waals surface area contributed by atoms with E-state index in [4.69, 9.17) is 28.4 Å². The van der Waals surface area contributed by atoms with Crippen molar-refractivity contribution in [1.29, 1.82) is 0 Å². The minimum Gasteiger partial charge on any atom is -0.504 e. The summed E-state index contributed by atoms with van der Waals surface area (Å²) in [6.45, 7) is 3.18. The SMILES string of the molecule is COc1ccc2cc1Oc1ccc(cc1)C[C@H]1c3cc(c(O)cc3CCN1C)Oc1c(OC)c(OC)c(COCCn3ccnc3)c3c1[C@H](C2)N(C)CC3. The fraction of sp³-hybridized carbons (Fsp3) is 0.372. The Morgan fingerprint density at radius 2 is 1.57 bits per heavy atom. The van der Waals surface area contributed by atoms with E-state index in [9.17, 15) is 5.11 Å². The average Bonchev–Trinajstić information content (AvgIpc) is 3.70. The quantitative estimate of drug-likeness (QED) is 0.164. The number of likely N-dealkylation sites (N-methyl/N-ethyl adjacent to an activating group) is 2. The summed E-state index contributed by atoms with van der Waals surface area (Å²) in [7, 11) is 9.25. The second kappa shape index (κ2) is 15.3. The number of imidazole rings is 1. The van der Waals surface area contributed by atoms with Gasteiger partial charge >= 0.3 is 0 Å². The van der Waals surface area contributed by atoms with Crippen LogP contribution in [0.1, 0.15) is 51.0 Å². The number of hydrogen-bond acceptors (Lipinski definition) is 10. The van der Waals surface area contributed by atoms with Crippen LogP contribution in [0.5, 0.6) is 46.0 Å². The van der Waals surface area contributed by atoms with Crippen LogP contribution in [0.4, 0.5) is 0 Å². The Balaban J connectivity index is 1.31. The van der Waals surface area contributed by atoms with Crippen molar-refractivity contribution in [2.24, 2.45) is 0 Å². The molecule has 0 spiro atoms. The summed E-state index contributed by atoms with van der Waals surface area (Å²) in [5.41, 5.74) is 7.51. The molecule has 4 aliphatic heterocycles. The number of aromatic hydroxyl groups is 1. The van der Waals surface area contributed by atoms with Crippen molar-refractivity contribution in [1.82, 2.24) is 19.4 Å². The predicted molar refractivity (Wildman–Crippen MR) is 205 cm³/mol. The zero-order valence-corrected chi connectivity index (χ0v) is 31.6. The van der Waals surface area contributed by atoms with Gasteiger partial charge in [-0.15, -0.1) is 0 Å². The van der Waals surface area contributed by atoms with Crippen molar-refractivity contribution in [2.75, 3.05) is 55.1 Å². The molecule has 6 bridgehead atoms. The summed E-state index contributed by atoms with van der Waals surface area (Å²) in [5, 5.41) is 11.6. The van der Waals surface area contributed by atoms with E-state index in [2.05, 4.69) is 53.1 Å². The molecule has 0 saturated heterocycles. The minimum atomic E-state index is -0.133. The van der Waals surface area contributed by atoms with Gasteiger partial charge in [0, 0.05) is 55.2 Å². The molecule has 5 aromatic rings. The lowest BCUT2D eigenvalue weighted by molar-refractivity contribution is 0.109. The molecule has 54 heavy (non-hydrogen) atoms. The highest BCUT2D eigenvalue weighted by Gasteiger charge is 2.37. The lowest BCUT2D eigenvalue weighted by Crippen LogP contribution is -2.35. The lowest BCUT2D eigenvalue weighted by atomic mass is 9.84. The summed E-state index contributed by atoms with van der Waals surface area (Å²) in [6.07, 6.45) is 8.47. The lowest BCUT2D eigenvalue weighted by Gasteiger charge is -2.38. The number of ether oxygens (including phenoxy) is 6. The van der Waals surface area contributed by atoms with Gasteiger partial charge in [-0.2, -0.15) is 0 Å². The molecule has 0 amide bonds. The maximum Gasteiger partial charge on any atom is 0.204 e. The van der Waals surface area contributed by atoms with Gasteiger partial charge in [-0.05, 0) is 104 Å². The number of phenolic OH excluding ortho intramolecular Hbond substituents is 1. The summed E-state index contributed by atoms with van der Waals surface area (Å²) in [5.74, 6) is 4.08. The molecule has 9 rings (SSSR count). The molecule has 0 fully saturated rings. The number of benzene rings is 4. The molecule has 1 aromatic heterocycles. The molecule has 0 unspecified atom stereocenters. The van der Waals surface area contributed by atoms with E-state index in [1.807, 2.05) is 41.1 Å². The first-order chi connectivity index (χ1) is 26.3. The summed E-state index contributed by atoms with van der Waals surface area (Å²) >= 11 is 0. The fourth-order valence-corrected chi connectivity index (χ4v) is 8.27. The van der Waals surface area contributed by atoms with Crippen LogP contribution in [0.15, 0.2) is 73.3 Å². The standard InChI is InChI=1S/C43H48N4O7/c1-45-15-12-29-23-36(48)38-24-32(29)34(45)20-27-6-9-30(10-7-27)53-39-22-28(8-11-37(39)49-3)21-35-40-31(13-16-46(35)2)33(25-52-19-18-47-17-14-44-26-47)41(50-4)43(51-5)42(40)54-38/h6-11,14,17,22-24,26,34-35,48H,12-13,15-16,18-21,25H2,1-5H3/t34-,35-/m0/s1. The molecular weight excluding hydrogens is 684 g/mol. The van der Waals surface area contributed by atoms with Gasteiger partial charge in [0.2, 0.25) is 5.75 Å². The first-order valence-corrected chi connectivity index (χ1v) is 18.6. The van der Waals surface area contributed by atoms with Crippen LogP contribution in [0.2, 0.25) is 0 Å². The molecule has 1 N–H and O–H groups in total. The Kier molecular flexibility index (Phi) is 10.1. The topological polar surface area (TPSA) is 99.9 Å². The van der Waals surface area contributed by atoms with Crippen molar-refractivity contribution in [2.45, 2.75) is 50.9 Å². The van der Waals surface area contributed by atoms with Crippen LogP contribution < -0.4 is 23.7 Å². The Bertz CT molecular complexity index is 2120. The third-order valence-electron chi connectivity index (χ3n) is 11.2. The van der Waals surface area contributed by atoms with Gasteiger partial charge in [0.15, 0.2) is 34.5 Å². The second-order valence-corrected chi connectivity index (χ2v) is 14.4. The van der Waals surface area contributed by atoms with Gasteiger partial charge in [-0.3, -0.25) is 9.80 Å². The van der Waals surface area contributed by atoms with Gasteiger partial charge < -0.3 is 38.1 Å². The summed E-state index contributed by atoms with van der Waals surface area (Å²) in [6, 6.07) is 18.2. The van der Waals surface area contributed by atoms with Crippen molar-refractivity contribution < 1.29 is 33.5 Å². The molecular formula is C43H48N4O7. The Hall–Kier alpha value is -5.23. The van der Waals surface area contributed by atoms with Crippen molar-refractivity contribution in [3.63, 3.8) is 0 Å². The smallest absolute Gasteiger partial charge is 0.204 e. The van der Waals surface area contributed by atoms with Gasteiger partial charge in [-0.1, -0.05) is 18.2 Å². The van der Waals surface area contributed by atoms with Gasteiger partial charge in [0.1, 0.15) is 5.75 Å². The van der Waals surface area contributed by atoms with E-state index in [0.717, 1.165) is 71.5 Å².